The normalized spacial score (nSPS) is 55.1. The van der Waals surface area contributed by atoms with Crippen molar-refractivity contribution in [2.45, 2.75) is 136 Å². The van der Waals surface area contributed by atoms with Crippen molar-refractivity contribution in [3.8, 4) is 0 Å². The first-order valence-corrected chi connectivity index (χ1v) is 14.5. The van der Waals surface area contributed by atoms with Crippen molar-refractivity contribution in [1.82, 2.24) is 0 Å². The number of aliphatic hydroxyl groups is 6. The van der Waals surface area contributed by atoms with Crippen molar-refractivity contribution in [3.05, 3.63) is 0 Å². The molecule has 0 radical (unpaired) electrons. The van der Waals surface area contributed by atoms with Gasteiger partial charge in [0.15, 0.2) is 0 Å². The van der Waals surface area contributed by atoms with E-state index in [4.69, 9.17) is 0 Å². The Labute approximate surface area is 217 Å². The smallest absolute Gasteiger partial charge is 0.0849 e. The Morgan fingerprint density at radius 2 is 1.53 bits per heavy atom. The van der Waals surface area contributed by atoms with E-state index in [1.165, 1.54) is 0 Å². The summed E-state index contributed by atoms with van der Waals surface area (Å²) in [6.07, 6.45) is 2.97. The van der Waals surface area contributed by atoms with Crippen LogP contribution in [0.4, 0.5) is 0 Å². The summed E-state index contributed by atoms with van der Waals surface area (Å²) in [5.41, 5.74) is -2.40. The molecule has 208 valence electrons. The second-order valence-corrected chi connectivity index (χ2v) is 15.6. The standard InChI is InChI=1S/C30H52O6/c1-16(8-9-21(34)26(4,5)36)23-18(32)13-27(6)19-12-17(31)24-25(2,3)20(33)10-11-29(24)15-30(19,29)14-22(35)28(23,27)7/h16-24,31-36H,8-15H2,1-7H3/t16-,17+,18+,19?,20+,21+,22+,23+,24?,27+,28-,29-,30+/m1/s1. The van der Waals surface area contributed by atoms with Gasteiger partial charge < -0.3 is 30.6 Å². The maximum absolute atomic E-state index is 12.0. The molecule has 0 saturated heterocycles. The van der Waals surface area contributed by atoms with E-state index in [-0.39, 0.29) is 45.3 Å². The van der Waals surface area contributed by atoms with E-state index in [0.717, 1.165) is 19.3 Å². The molecule has 6 heteroatoms. The first kappa shape index (κ1) is 27.3. The molecular formula is C30H52O6. The molecule has 0 amide bonds. The van der Waals surface area contributed by atoms with Crippen LogP contribution in [-0.4, -0.2) is 66.8 Å². The summed E-state index contributed by atoms with van der Waals surface area (Å²) in [7, 11) is 0. The largest absolute Gasteiger partial charge is 0.393 e. The van der Waals surface area contributed by atoms with Crippen molar-refractivity contribution in [3.63, 3.8) is 0 Å². The van der Waals surface area contributed by atoms with Gasteiger partial charge in [-0.2, -0.15) is 0 Å². The third-order valence-electron chi connectivity index (χ3n) is 13.5. The maximum atomic E-state index is 12.0. The van der Waals surface area contributed by atoms with Gasteiger partial charge in [-0.15, -0.1) is 0 Å². The van der Waals surface area contributed by atoms with Gasteiger partial charge in [0, 0.05) is 5.41 Å². The van der Waals surface area contributed by atoms with E-state index in [0.29, 0.717) is 32.1 Å². The number of hydrogen-bond acceptors (Lipinski definition) is 6. The average Bonchev–Trinajstić information content (AvgIpc) is 3.32. The fraction of sp³-hybridized carbons (Fsp3) is 1.00. The quantitative estimate of drug-likeness (QED) is 0.339. The van der Waals surface area contributed by atoms with Crippen LogP contribution in [0.3, 0.4) is 0 Å². The number of hydrogen-bond donors (Lipinski definition) is 6. The van der Waals surface area contributed by atoms with Crippen molar-refractivity contribution in [2.75, 3.05) is 0 Å². The zero-order valence-electron chi connectivity index (χ0n) is 23.5. The lowest BCUT2D eigenvalue weighted by Crippen LogP contribution is -2.64. The fourth-order valence-electron chi connectivity index (χ4n) is 11.5. The van der Waals surface area contributed by atoms with Crippen molar-refractivity contribution in [1.29, 1.82) is 0 Å². The monoisotopic (exact) mass is 508 g/mol. The highest BCUT2D eigenvalue weighted by molar-refractivity contribution is 5.33. The zero-order chi connectivity index (χ0) is 26.9. The zero-order valence-corrected chi connectivity index (χ0v) is 23.5. The fourth-order valence-corrected chi connectivity index (χ4v) is 11.5. The van der Waals surface area contributed by atoms with Crippen LogP contribution < -0.4 is 0 Å². The van der Waals surface area contributed by atoms with E-state index >= 15 is 0 Å². The van der Waals surface area contributed by atoms with Gasteiger partial charge in [-0.3, -0.25) is 0 Å². The van der Waals surface area contributed by atoms with Gasteiger partial charge in [-0.25, -0.2) is 0 Å². The molecule has 0 heterocycles. The minimum absolute atomic E-state index is 0.0308. The Kier molecular flexibility index (Phi) is 6.01. The van der Waals surface area contributed by atoms with Crippen LogP contribution in [0.5, 0.6) is 0 Å². The summed E-state index contributed by atoms with van der Waals surface area (Å²) in [5, 5.41) is 66.7. The Morgan fingerprint density at radius 1 is 0.889 bits per heavy atom. The van der Waals surface area contributed by atoms with Crippen LogP contribution in [0.15, 0.2) is 0 Å². The first-order valence-electron chi connectivity index (χ1n) is 14.5. The van der Waals surface area contributed by atoms with E-state index in [2.05, 4.69) is 34.6 Å². The van der Waals surface area contributed by atoms with Crippen molar-refractivity contribution in [2.24, 2.45) is 50.7 Å². The van der Waals surface area contributed by atoms with E-state index < -0.39 is 41.5 Å². The Hall–Kier alpha value is -0.240. The Bertz CT molecular complexity index is 883. The summed E-state index contributed by atoms with van der Waals surface area (Å²) in [5.74, 6) is 0.225. The topological polar surface area (TPSA) is 121 Å². The van der Waals surface area contributed by atoms with Crippen LogP contribution in [0, 0.1) is 50.7 Å². The van der Waals surface area contributed by atoms with Gasteiger partial charge >= 0.3 is 0 Å². The molecule has 0 aromatic carbocycles. The number of fused-ring (bicyclic) bond motifs is 2. The highest BCUT2D eigenvalue weighted by atomic mass is 16.3. The molecule has 5 saturated carbocycles. The van der Waals surface area contributed by atoms with Gasteiger partial charge in [0.1, 0.15) is 0 Å². The summed E-state index contributed by atoms with van der Waals surface area (Å²) in [6, 6.07) is 0. The summed E-state index contributed by atoms with van der Waals surface area (Å²) in [6.45, 7) is 14.0. The molecule has 6 nitrogen and oxygen atoms in total. The molecule has 13 atom stereocenters. The van der Waals surface area contributed by atoms with Crippen LogP contribution in [0.2, 0.25) is 0 Å². The molecule has 6 N–H and O–H groups in total. The van der Waals surface area contributed by atoms with Crippen LogP contribution in [0.25, 0.3) is 0 Å². The Balaban J connectivity index is 1.47. The molecule has 0 aromatic rings. The number of rotatable bonds is 5. The molecule has 5 rings (SSSR count). The second kappa shape index (κ2) is 7.91. The molecular weight excluding hydrogens is 456 g/mol. The van der Waals surface area contributed by atoms with Crippen LogP contribution in [0.1, 0.15) is 99.8 Å². The average molecular weight is 509 g/mol. The minimum atomic E-state index is -1.17. The van der Waals surface area contributed by atoms with Gasteiger partial charge in [-0.1, -0.05) is 34.6 Å². The molecule has 2 spiro atoms. The lowest BCUT2D eigenvalue weighted by Gasteiger charge is -2.65. The van der Waals surface area contributed by atoms with Gasteiger partial charge in [0.25, 0.3) is 0 Å². The predicted molar refractivity (Wildman–Crippen MR) is 138 cm³/mol. The molecule has 36 heavy (non-hydrogen) atoms. The first-order chi connectivity index (χ1) is 16.4. The van der Waals surface area contributed by atoms with Crippen molar-refractivity contribution < 1.29 is 30.6 Å². The highest BCUT2D eigenvalue weighted by Gasteiger charge is 2.85. The molecule has 0 bridgehead atoms. The van der Waals surface area contributed by atoms with Gasteiger partial charge in [-0.05, 0) is 111 Å². The highest BCUT2D eigenvalue weighted by Crippen LogP contribution is 2.89. The van der Waals surface area contributed by atoms with Crippen molar-refractivity contribution >= 4 is 0 Å². The molecule has 0 aromatic heterocycles. The van der Waals surface area contributed by atoms with E-state index in [9.17, 15) is 30.6 Å². The molecule has 5 fully saturated rings. The third-order valence-corrected chi connectivity index (χ3v) is 13.5. The SMILES string of the molecule is C[C@H](CC[C@H](O)C(C)(C)O)[C@H]1[C@@H](O)C[C@@]2(C)C3C[C@H](O)C4C(C)(C)[C@@H](O)CC[C@@]45C[C@@]35C[C@H](O)[C@]12C. The van der Waals surface area contributed by atoms with Crippen LogP contribution >= 0.6 is 0 Å². The van der Waals surface area contributed by atoms with Gasteiger partial charge in [0.2, 0.25) is 0 Å². The Morgan fingerprint density at radius 3 is 2.14 bits per heavy atom. The lowest BCUT2D eigenvalue weighted by atomic mass is 9.40. The minimum Gasteiger partial charge on any atom is -0.393 e. The summed E-state index contributed by atoms with van der Waals surface area (Å²) < 4.78 is 0. The second-order valence-electron chi connectivity index (χ2n) is 15.6. The van der Waals surface area contributed by atoms with E-state index in [1.807, 2.05) is 0 Å². The van der Waals surface area contributed by atoms with E-state index in [1.54, 1.807) is 13.8 Å². The third kappa shape index (κ3) is 3.18. The van der Waals surface area contributed by atoms with Gasteiger partial charge in [0.05, 0.1) is 36.1 Å². The lowest BCUT2D eigenvalue weighted by molar-refractivity contribution is -0.228. The number of aliphatic hydroxyl groups excluding tert-OH is 5. The molecule has 2 unspecified atom stereocenters. The molecule has 5 aliphatic rings. The maximum Gasteiger partial charge on any atom is 0.0849 e. The predicted octanol–water partition coefficient (Wildman–Crippen LogP) is 3.25. The summed E-state index contributed by atoms with van der Waals surface area (Å²) >= 11 is 0. The molecule has 5 aliphatic carbocycles. The summed E-state index contributed by atoms with van der Waals surface area (Å²) in [4.78, 5) is 0. The van der Waals surface area contributed by atoms with Crippen LogP contribution in [-0.2, 0) is 0 Å². The molecule has 0 aliphatic heterocycles.